The van der Waals surface area contributed by atoms with Gasteiger partial charge in [0, 0.05) is 62.1 Å². The lowest BCUT2D eigenvalue weighted by atomic mass is 9.74. The smallest absolute Gasteiger partial charge is 0.410 e. The van der Waals surface area contributed by atoms with E-state index >= 15 is 0 Å². The molecule has 9 rings (SSSR count). The number of carbonyl (C=O) groups excluding carboxylic acids is 4. The molecule has 0 saturated carbocycles. The van der Waals surface area contributed by atoms with Crippen LogP contribution in [0, 0.1) is 17.5 Å². The molecule has 6 aromatic carbocycles. The summed E-state index contributed by atoms with van der Waals surface area (Å²) in [4.78, 5) is 64.5. The van der Waals surface area contributed by atoms with Crippen LogP contribution in [-0.4, -0.2) is 136 Å². The van der Waals surface area contributed by atoms with Gasteiger partial charge < -0.3 is 60.3 Å². The Bertz CT molecular complexity index is 3420. The van der Waals surface area contributed by atoms with Gasteiger partial charge in [-0.3, -0.25) is 9.59 Å². The first-order valence-electron chi connectivity index (χ1n) is 31.6. The number of carbonyl (C=O) groups is 5. The molecule has 6 N–H and O–H groups in total. The number of para-hydroxylation sites is 3. The second-order valence-corrected chi connectivity index (χ2v) is 25.6. The molecule has 0 aromatic heterocycles. The number of hydrogen-bond donors (Lipinski definition) is 5. The number of aromatic carboxylic acids is 1. The van der Waals surface area contributed by atoms with Crippen LogP contribution in [0.2, 0.25) is 0 Å². The summed E-state index contributed by atoms with van der Waals surface area (Å²) in [7, 11) is 4.52. The lowest BCUT2D eigenvalue weighted by molar-refractivity contribution is 0.0243. The van der Waals surface area contributed by atoms with Crippen LogP contribution >= 0.6 is 0 Å². The van der Waals surface area contributed by atoms with Crippen molar-refractivity contribution in [3.8, 4) is 17.2 Å². The van der Waals surface area contributed by atoms with Crippen LogP contribution in [0.5, 0.6) is 17.2 Å². The van der Waals surface area contributed by atoms with Gasteiger partial charge in [0.2, 0.25) is 0 Å². The summed E-state index contributed by atoms with van der Waals surface area (Å²) in [5, 5.41) is 18.1. The maximum Gasteiger partial charge on any atom is 0.410 e. The molecule has 20 heteroatoms. The summed E-state index contributed by atoms with van der Waals surface area (Å²) in [6.07, 6.45) is 6.45. The van der Waals surface area contributed by atoms with E-state index in [1.54, 1.807) is 102 Å². The van der Waals surface area contributed by atoms with E-state index in [2.05, 4.69) is 16.0 Å². The number of benzene rings is 6. The lowest BCUT2D eigenvalue weighted by Crippen LogP contribution is -2.42. The molecule has 3 aliphatic rings. The van der Waals surface area contributed by atoms with Crippen LogP contribution < -0.4 is 35.9 Å². The van der Waals surface area contributed by atoms with E-state index < -0.39 is 22.6 Å². The Hall–Kier alpha value is -8.62. The molecule has 3 saturated heterocycles. The van der Waals surface area contributed by atoms with Gasteiger partial charge in [-0.2, -0.15) is 0 Å². The number of nitrogens with one attached hydrogen (secondary N) is 3. The summed E-state index contributed by atoms with van der Waals surface area (Å²) in [5.74, 6) is -0.775. The van der Waals surface area contributed by atoms with Gasteiger partial charge in [-0.15, -0.1) is 0 Å². The molecule has 3 heterocycles. The first kappa shape index (κ1) is 73.4. The van der Waals surface area contributed by atoms with Gasteiger partial charge in [0.25, 0.3) is 11.8 Å². The molecule has 17 nitrogen and oxygen atoms in total. The Morgan fingerprint density at radius 3 is 1.24 bits per heavy atom. The number of ether oxygens (including phenoxy) is 5. The monoisotopic (exact) mass is 1290 g/mol. The van der Waals surface area contributed by atoms with Gasteiger partial charge >= 0.3 is 18.2 Å². The minimum atomic E-state index is -0.970. The fourth-order valence-electron chi connectivity index (χ4n) is 11.9. The van der Waals surface area contributed by atoms with Crippen LogP contribution in [0.15, 0.2) is 146 Å². The van der Waals surface area contributed by atoms with Gasteiger partial charge in [0.15, 0.2) is 0 Å². The molecule has 3 unspecified atom stereocenters. The number of hydrogen-bond acceptors (Lipinski definition) is 12. The summed E-state index contributed by atoms with van der Waals surface area (Å²) in [5.41, 5.74) is 7.73. The molecule has 0 spiro atoms. The standard InChI is InChI=1S/C26H33FN2O4.C21H25FN2O2.C18H27FN2O2.C8H8O3/c1-25(2,3)33-24(31)29-15-8-13-26(14-16-29,19-9-7-10-20(27)17-19)18-28-23(30)21-11-5-6-12-22(21)32-4;1-26-19-9-3-2-8-18(19)20(25)24-15-21(10-5-12-23-13-11-21)16-6-4-7-17(22)14-16;1-17(2,3)23-16(22)21-10-5-8-18(13-20,9-11-21)14-6-4-7-15(19)12-14;1-11-7-5-3-2-4-6(7)8(9)10/h5-7,9-12,17H,8,13-16,18H2,1-4H3,(H,28,30);2-4,6-9,14,23H,5,10-13,15H2,1H3,(H,24,25);4,6-7,12H,5,8-11,13,20H2,1-3H3;2-5H,1H3,(H,9,10). The van der Waals surface area contributed by atoms with Crippen molar-refractivity contribution in [2.75, 3.05) is 80.2 Å². The highest BCUT2D eigenvalue weighted by Crippen LogP contribution is 2.39. The van der Waals surface area contributed by atoms with E-state index in [1.807, 2.05) is 71.9 Å². The maximum absolute atomic E-state index is 14.2. The lowest BCUT2D eigenvalue weighted by Gasteiger charge is -2.34. The van der Waals surface area contributed by atoms with Crippen LogP contribution in [0.4, 0.5) is 22.8 Å². The first-order valence-corrected chi connectivity index (χ1v) is 31.6. The van der Waals surface area contributed by atoms with Crippen molar-refractivity contribution < 1.29 is 65.9 Å². The first-order chi connectivity index (χ1) is 44.3. The number of halogens is 3. The Morgan fingerprint density at radius 2 is 0.849 bits per heavy atom. The molecule has 3 atom stereocenters. The highest BCUT2D eigenvalue weighted by atomic mass is 19.1. The molecular weight excluding hydrogens is 1190 g/mol. The Balaban J connectivity index is 0.000000207. The zero-order chi connectivity index (χ0) is 67.8. The second-order valence-electron chi connectivity index (χ2n) is 25.6. The number of carboxylic acid groups (broad SMARTS) is 1. The second kappa shape index (κ2) is 34.3. The Kier molecular flexibility index (Phi) is 27.1. The van der Waals surface area contributed by atoms with Crippen LogP contribution in [-0.2, 0) is 25.7 Å². The third-order valence-electron chi connectivity index (χ3n) is 16.9. The van der Waals surface area contributed by atoms with E-state index in [1.165, 1.54) is 44.6 Å². The van der Waals surface area contributed by atoms with Crippen molar-refractivity contribution in [2.45, 2.75) is 127 Å². The van der Waals surface area contributed by atoms with Crippen LogP contribution in [0.3, 0.4) is 0 Å². The molecule has 3 fully saturated rings. The fraction of sp³-hybridized carbons (Fsp3) is 0.438. The molecule has 502 valence electrons. The molecular formula is C73H93F3N6O11. The fourth-order valence-corrected chi connectivity index (χ4v) is 11.9. The maximum atomic E-state index is 14.2. The van der Waals surface area contributed by atoms with Crippen molar-refractivity contribution in [3.05, 3.63) is 196 Å². The number of likely N-dealkylation sites (tertiary alicyclic amines) is 2. The van der Waals surface area contributed by atoms with Gasteiger partial charge in [0.1, 0.15) is 51.5 Å². The molecule has 93 heavy (non-hydrogen) atoms. The van der Waals surface area contributed by atoms with E-state index in [-0.39, 0.29) is 57.8 Å². The zero-order valence-electron chi connectivity index (χ0n) is 55.2. The minimum Gasteiger partial charge on any atom is -0.496 e. The molecule has 0 radical (unpaired) electrons. The third-order valence-corrected chi connectivity index (χ3v) is 16.9. The zero-order valence-corrected chi connectivity index (χ0v) is 55.2. The van der Waals surface area contributed by atoms with Crippen molar-refractivity contribution in [2.24, 2.45) is 5.73 Å². The highest BCUT2D eigenvalue weighted by Gasteiger charge is 2.39. The normalized spacial score (nSPS) is 19.0. The van der Waals surface area contributed by atoms with Crippen LogP contribution in [0.1, 0.15) is 147 Å². The summed E-state index contributed by atoms with van der Waals surface area (Å²) >= 11 is 0. The number of rotatable bonds is 14. The Labute approximate surface area is 545 Å². The summed E-state index contributed by atoms with van der Waals surface area (Å²) < 4.78 is 68.0. The number of carboxylic acids is 1. The number of nitrogens with zero attached hydrogens (tertiary/aromatic N) is 2. The molecule has 4 amide bonds. The number of methoxy groups -OCH3 is 3. The summed E-state index contributed by atoms with van der Waals surface area (Å²) in [6.45, 7) is 16.3. The number of amides is 4. The van der Waals surface area contributed by atoms with Gasteiger partial charge in [-0.05, 0) is 202 Å². The van der Waals surface area contributed by atoms with Crippen molar-refractivity contribution in [1.82, 2.24) is 25.8 Å². The molecule has 0 aliphatic carbocycles. The van der Waals surface area contributed by atoms with Crippen molar-refractivity contribution >= 4 is 30.0 Å². The average molecular weight is 1290 g/mol. The molecule has 6 aromatic rings. The van der Waals surface area contributed by atoms with E-state index in [0.717, 1.165) is 61.9 Å². The van der Waals surface area contributed by atoms with Crippen LogP contribution in [0.25, 0.3) is 0 Å². The van der Waals surface area contributed by atoms with E-state index in [0.29, 0.717) is 99.9 Å². The predicted octanol–water partition coefficient (Wildman–Crippen LogP) is 13.0. The van der Waals surface area contributed by atoms with Gasteiger partial charge in [-0.25, -0.2) is 27.6 Å². The van der Waals surface area contributed by atoms with E-state index in [9.17, 15) is 37.1 Å². The minimum absolute atomic E-state index is 0.171. The summed E-state index contributed by atoms with van der Waals surface area (Å²) in [6, 6.07) is 40.6. The average Bonchev–Trinajstić information content (AvgIpc) is 1.82. The quantitative estimate of drug-likeness (QED) is 0.0686. The highest BCUT2D eigenvalue weighted by molar-refractivity contribution is 5.97. The van der Waals surface area contributed by atoms with Crippen molar-refractivity contribution in [3.63, 3.8) is 0 Å². The number of nitrogens with two attached hydrogens (primary N) is 1. The van der Waals surface area contributed by atoms with Crippen molar-refractivity contribution in [1.29, 1.82) is 0 Å². The predicted molar refractivity (Wildman–Crippen MR) is 354 cm³/mol. The molecule has 0 bridgehead atoms. The molecule has 3 aliphatic heterocycles. The van der Waals surface area contributed by atoms with E-state index in [4.69, 9.17) is 34.5 Å². The SMILES string of the molecule is CC(C)(C)OC(=O)N1CCCC(CN)(c2cccc(F)c2)CC1.COc1ccccc1C(=O)NCC1(c2cccc(F)c2)CCCN(C(=O)OC(C)(C)C)CC1.COc1ccccc1C(=O)NCC1(c2cccc(F)c2)CCCNCC1.COc1ccccc1C(=O)O. The Morgan fingerprint density at radius 1 is 0.484 bits per heavy atom. The topological polar surface area (TPSA) is 220 Å². The third kappa shape index (κ3) is 21.5. The largest absolute Gasteiger partial charge is 0.496 e. The van der Waals surface area contributed by atoms with Gasteiger partial charge in [0.05, 0.1) is 32.5 Å². The van der Waals surface area contributed by atoms with Gasteiger partial charge in [-0.1, -0.05) is 72.8 Å².